The summed E-state index contributed by atoms with van der Waals surface area (Å²) in [6.07, 6.45) is 10.8. The largest absolute Gasteiger partial charge is 0.501 e. The Bertz CT molecular complexity index is 2330. The first-order valence-electron chi connectivity index (χ1n) is 17.7. The predicted octanol–water partition coefficient (Wildman–Crippen LogP) is 11.9. The van der Waals surface area contributed by atoms with E-state index in [2.05, 4.69) is 117 Å². The van der Waals surface area contributed by atoms with Gasteiger partial charge in [-0.15, -0.1) is 54.1 Å². The van der Waals surface area contributed by atoms with E-state index in [1.165, 1.54) is 42.3 Å². The fraction of sp³-hybridized carbons (Fsp3) is 0.289. The minimum atomic E-state index is -0.0833. The molecule has 0 saturated heterocycles. The summed E-state index contributed by atoms with van der Waals surface area (Å²) in [4.78, 5) is 9.58. The van der Waals surface area contributed by atoms with Gasteiger partial charge in [0.2, 0.25) is 0 Å². The van der Waals surface area contributed by atoms with E-state index in [1.807, 2.05) is 42.6 Å². The molecule has 4 heterocycles. The Morgan fingerprint density at radius 2 is 1.68 bits per heavy atom. The topological polar surface area (TPSA) is 43.9 Å². The standard InChI is InChI=1S/C23H23N2.C22H20NO.Ir/c1-23(2)15-19(16-9-6-7-10-16)18-13-8-14-20-21(18)25(23)22(24-20)17-11-4-3-5-12-17;1-22(2,3)14-15-11-12-23-19(13-15)18-9-6-8-17-16-7-4-5-10-20(16)24-21(17)18;/h3-5,8,11,13-16H,6-7,9-10H2,1-2H3;4-8,10-13H,14H2,1-3H3;/q2*-1;. The Hall–Kier alpha value is -4.31. The Balaban J connectivity index is 0.000000154. The molecule has 1 fully saturated rings. The molecule has 1 aliphatic heterocycles. The van der Waals surface area contributed by atoms with Crippen molar-refractivity contribution in [3.05, 3.63) is 127 Å². The summed E-state index contributed by atoms with van der Waals surface area (Å²) in [6, 6.07) is 37.8. The summed E-state index contributed by atoms with van der Waals surface area (Å²) < 4.78 is 8.53. The Morgan fingerprint density at radius 3 is 2.46 bits per heavy atom. The van der Waals surface area contributed by atoms with Gasteiger partial charge in [-0.05, 0) is 73.9 Å². The number of hydrogen-bond donors (Lipinski definition) is 0. The zero-order valence-corrected chi connectivity index (χ0v) is 31.9. The van der Waals surface area contributed by atoms with Gasteiger partial charge in [0.1, 0.15) is 5.58 Å². The van der Waals surface area contributed by atoms with Gasteiger partial charge < -0.3 is 14.0 Å². The smallest absolute Gasteiger partial charge is 0.120 e. The third-order valence-electron chi connectivity index (χ3n) is 9.97. The molecule has 0 bridgehead atoms. The van der Waals surface area contributed by atoms with Crippen LogP contribution in [0.25, 0.3) is 61.2 Å². The zero-order chi connectivity index (χ0) is 33.8. The molecule has 1 saturated carbocycles. The van der Waals surface area contributed by atoms with Gasteiger partial charge in [0, 0.05) is 37.3 Å². The number of nitrogens with zero attached hydrogens (tertiary/aromatic N) is 3. The third kappa shape index (κ3) is 6.38. The fourth-order valence-corrected chi connectivity index (χ4v) is 7.95. The monoisotopic (exact) mass is 834 g/mol. The molecule has 9 rings (SSSR count). The maximum Gasteiger partial charge on any atom is 0.120 e. The van der Waals surface area contributed by atoms with Crippen LogP contribution >= 0.6 is 0 Å². The van der Waals surface area contributed by atoms with Gasteiger partial charge in [0.05, 0.1) is 28.0 Å². The summed E-state index contributed by atoms with van der Waals surface area (Å²) >= 11 is 0. The predicted molar refractivity (Wildman–Crippen MR) is 202 cm³/mol. The summed E-state index contributed by atoms with van der Waals surface area (Å²) in [5.41, 5.74) is 11.4. The van der Waals surface area contributed by atoms with Crippen LogP contribution in [0.15, 0.2) is 108 Å². The van der Waals surface area contributed by atoms with Crippen LogP contribution in [-0.4, -0.2) is 14.5 Å². The van der Waals surface area contributed by atoms with Gasteiger partial charge in [-0.25, -0.2) is 0 Å². The van der Waals surface area contributed by atoms with Gasteiger partial charge in [0.25, 0.3) is 0 Å². The number of hydrogen-bond acceptors (Lipinski definition) is 3. The first kappa shape index (κ1) is 34.2. The number of pyridine rings is 1. The van der Waals surface area contributed by atoms with E-state index in [9.17, 15) is 0 Å². The van der Waals surface area contributed by atoms with Crippen molar-refractivity contribution in [2.75, 3.05) is 0 Å². The molecule has 4 aromatic carbocycles. The van der Waals surface area contributed by atoms with Crippen LogP contribution < -0.4 is 0 Å². The molecule has 7 aromatic rings. The zero-order valence-electron chi connectivity index (χ0n) is 29.5. The van der Waals surface area contributed by atoms with Crippen molar-refractivity contribution in [3.8, 4) is 22.6 Å². The van der Waals surface area contributed by atoms with Gasteiger partial charge in [-0.1, -0.05) is 92.6 Å². The number of imidazole rings is 1. The van der Waals surface area contributed by atoms with Crippen molar-refractivity contribution in [1.82, 2.24) is 14.5 Å². The molecule has 0 amide bonds. The van der Waals surface area contributed by atoms with E-state index in [0.29, 0.717) is 5.92 Å². The quantitative estimate of drug-likeness (QED) is 0.166. The average molecular weight is 834 g/mol. The number of furan rings is 1. The second-order valence-electron chi connectivity index (χ2n) is 15.4. The van der Waals surface area contributed by atoms with E-state index in [1.54, 1.807) is 5.57 Å². The van der Waals surface area contributed by atoms with E-state index < -0.39 is 0 Å². The van der Waals surface area contributed by atoms with Crippen molar-refractivity contribution >= 4 is 38.5 Å². The first-order valence-corrected chi connectivity index (χ1v) is 17.7. The van der Waals surface area contributed by atoms with E-state index >= 15 is 0 Å². The summed E-state index contributed by atoms with van der Waals surface area (Å²) in [7, 11) is 0. The molecule has 1 aliphatic carbocycles. The van der Waals surface area contributed by atoms with Crippen LogP contribution in [0.4, 0.5) is 0 Å². The molecule has 4 nitrogen and oxygen atoms in total. The molecule has 255 valence electrons. The summed E-state index contributed by atoms with van der Waals surface area (Å²) in [5, 5.41) is 2.25. The van der Waals surface area contributed by atoms with Crippen molar-refractivity contribution in [2.24, 2.45) is 11.3 Å². The van der Waals surface area contributed by atoms with Gasteiger partial charge in [-0.3, -0.25) is 4.98 Å². The maximum absolute atomic E-state index is 6.11. The Labute approximate surface area is 309 Å². The van der Waals surface area contributed by atoms with Crippen LogP contribution in [0.5, 0.6) is 0 Å². The number of para-hydroxylation sites is 2. The van der Waals surface area contributed by atoms with Crippen molar-refractivity contribution < 1.29 is 24.5 Å². The number of aromatic nitrogens is 3. The molecule has 3 aromatic heterocycles. The second kappa shape index (κ2) is 13.4. The molecule has 1 radical (unpaired) electrons. The molecule has 0 N–H and O–H groups in total. The molecule has 50 heavy (non-hydrogen) atoms. The normalized spacial score (nSPS) is 15.5. The van der Waals surface area contributed by atoms with E-state index in [0.717, 1.165) is 56.5 Å². The fourth-order valence-electron chi connectivity index (χ4n) is 7.95. The molecule has 0 atom stereocenters. The SMILES string of the molecule is CC(C)(C)Cc1ccnc(-c2[c-]ccc3c2oc2ccccc23)c1.CC1(C)C=C(C2CCCC2)c2cccc3nc(-c4[c-]cccc4)n1c23.[Ir]. The van der Waals surface area contributed by atoms with Crippen LogP contribution in [0, 0.1) is 23.5 Å². The number of rotatable bonds is 4. The minimum absolute atomic E-state index is 0. The average Bonchev–Trinajstić information content (AvgIpc) is 3.85. The Morgan fingerprint density at radius 1 is 0.880 bits per heavy atom. The second-order valence-corrected chi connectivity index (χ2v) is 15.4. The maximum atomic E-state index is 6.11. The molecule has 0 spiro atoms. The summed E-state index contributed by atoms with van der Waals surface area (Å²) in [5.74, 6) is 1.73. The van der Waals surface area contributed by atoms with Crippen LogP contribution in [0.1, 0.15) is 71.4 Å². The minimum Gasteiger partial charge on any atom is -0.501 e. The van der Waals surface area contributed by atoms with Crippen molar-refractivity contribution in [3.63, 3.8) is 0 Å². The molecule has 5 heteroatoms. The Kier molecular flexibility index (Phi) is 9.17. The van der Waals surface area contributed by atoms with Crippen LogP contribution in [0.2, 0.25) is 0 Å². The van der Waals surface area contributed by atoms with Crippen molar-refractivity contribution in [2.45, 2.75) is 72.3 Å². The van der Waals surface area contributed by atoms with Crippen molar-refractivity contribution in [1.29, 1.82) is 0 Å². The molecule has 2 aliphatic rings. The first-order chi connectivity index (χ1) is 23.7. The molecular formula is C45H43IrN3O-2. The van der Waals surface area contributed by atoms with Gasteiger partial charge in [-0.2, -0.15) is 0 Å². The number of fused-ring (bicyclic) bond motifs is 3. The number of benzene rings is 4. The summed E-state index contributed by atoms with van der Waals surface area (Å²) in [6.45, 7) is 11.4. The van der Waals surface area contributed by atoms with Gasteiger partial charge in [0.15, 0.2) is 0 Å². The van der Waals surface area contributed by atoms with Crippen LogP contribution in [-0.2, 0) is 32.1 Å². The van der Waals surface area contributed by atoms with Crippen LogP contribution in [0.3, 0.4) is 0 Å². The molecule has 0 unspecified atom stereocenters. The molecular weight excluding hydrogens is 791 g/mol. The van der Waals surface area contributed by atoms with Gasteiger partial charge >= 0.3 is 0 Å². The van der Waals surface area contributed by atoms with E-state index in [-0.39, 0.29) is 31.1 Å². The number of allylic oxidation sites excluding steroid dienone is 2. The third-order valence-corrected chi connectivity index (χ3v) is 9.97. The van der Waals surface area contributed by atoms with E-state index in [4.69, 9.17) is 9.40 Å².